The van der Waals surface area contributed by atoms with E-state index in [4.69, 9.17) is 5.11 Å². The number of carbonyl (C=O) groups is 1. The van der Waals surface area contributed by atoms with Gasteiger partial charge in [0.15, 0.2) is 0 Å². The van der Waals surface area contributed by atoms with Gasteiger partial charge in [-0.25, -0.2) is 8.42 Å². The van der Waals surface area contributed by atoms with Crippen LogP contribution in [0.15, 0.2) is 11.1 Å². The van der Waals surface area contributed by atoms with Crippen LogP contribution in [0.2, 0.25) is 0 Å². The summed E-state index contributed by atoms with van der Waals surface area (Å²) in [5.41, 5.74) is 0.339. The van der Waals surface area contributed by atoms with Crippen molar-refractivity contribution >= 4 is 16.0 Å². The lowest BCUT2D eigenvalue weighted by Crippen LogP contribution is -2.40. The minimum absolute atomic E-state index is 0.00681. The summed E-state index contributed by atoms with van der Waals surface area (Å²) in [7, 11) is -2.25. The Bertz CT molecular complexity index is 535. The number of carboxylic acids is 1. The zero-order valence-electron chi connectivity index (χ0n) is 10.5. The topological polar surface area (TPSA) is 101 Å². The molecule has 0 spiro atoms. The van der Waals surface area contributed by atoms with Crippen molar-refractivity contribution in [1.29, 1.82) is 0 Å². The van der Waals surface area contributed by atoms with Gasteiger partial charge in [-0.1, -0.05) is 13.3 Å². The van der Waals surface area contributed by atoms with Gasteiger partial charge in [0.1, 0.15) is 10.9 Å². The van der Waals surface area contributed by atoms with Gasteiger partial charge < -0.3 is 5.11 Å². The Morgan fingerprint density at radius 3 is 2.61 bits per heavy atom. The number of nitrogens with zero attached hydrogens (tertiary/aromatic N) is 2. The van der Waals surface area contributed by atoms with Crippen LogP contribution in [0.25, 0.3) is 0 Å². The Balaban J connectivity index is 3.00. The molecule has 1 atom stereocenters. The second-order valence-corrected chi connectivity index (χ2v) is 5.74. The smallest absolute Gasteiger partial charge is 0.321 e. The second-order valence-electron chi connectivity index (χ2n) is 4.05. The highest BCUT2D eigenvalue weighted by atomic mass is 32.2. The minimum atomic E-state index is -3.85. The van der Waals surface area contributed by atoms with Crippen molar-refractivity contribution in [2.24, 2.45) is 7.05 Å². The first-order valence-corrected chi connectivity index (χ1v) is 7.01. The first-order chi connectivity index (χ1) is 8.27. The summed E-state index contributed by atoms with van der Waals surface area (Å²) < 4.78 is 27.6. The van der Waals surface area contributed by atoms with Gasteiger partial charge in [-0.2, -0.15) is 9.82 Å². The molecule has 1 aromatic heterocycles. The maximum atomic E-state index is 12.0. The zero-order valence-corrected chi connectivity index (χ0v) is 11.4. The van der Waals surface area contributed by atoms with Crippen molar-refractivity contribution in [1.82, 2.24) is 14.5 Å². The first kappa shape index (κ1) is 14.7. The zero-order chi connectivity index (χ0) is 13.9. The van der Waals surface area contributed by atoms with Crippen LogP contribution < -0.4 is 4.72 Å². The Morgan fingerprint density at radius 2 is 2.22 bits per heavy atom. The SMILES string of the molecule is CCCC(NS(=O)(=O)c1cn(C)nc1C)C(=O)O. The van der Waals surface area contributed by atoms with Crippen molar-refractivity contribution in [3.05, 3.63) is 11.9 Å². The molecule has 0 aliphatic carbocycles. The maximum Gasteiger partial charge on any atom is 0.321 e. The molecule has 0 bridgehead atoms. The molecule has 0 saturated carbocycles. The fourth-order valence-corrected chi connectivity index (χ4v) is 3.06. The van der Waals surface area contributed by atoms with E-state index in [1.165, 1.54) is 10.9 Å². The number of rotatable bonds is 6. The Morgan fingerprint density at radius 1 is 1.61 bits per heavy atom. The summed E-state index contributed by atoms with van der Waals surface area (Å²) in [6.07, 6.45) is 2.17. The summed E-state index contributed by atoms with van der Waals surface area (Å²) in [4.78, 5) is 10.9. The highest BCUT2D eigenvalue weighted by Gasteiger charge is 2.27. The van der Waals surface area contributed by atoms with Crippen LogP contribution in [0.5, 0.6) is 0 Å². The summed E-state index contributed by atoms with van der Waals surface area (Å²) in [6.45, 7) is 3.35. The van der Waals surface area contributed by atoms with Gasteiger partial charge in [0.25, 0.3) is 0 Å². The molecule has 0 radical (unpaired) electrons. The van der Waals surface area contributed by atoms with E-state index in [0.717, 1.165) is 0 Å². The van der Waals surface area contributed by atoms with E-state index in [9.17, 15) is 13.2 Å². The van der Waals surface area contributed by atoms with Crippen LogP contribution in [0, 0.1) is 6.92 Å². The predicted molar refractivity (Wildman–Crippen MR) is 64.6 cm³/mol. The molecule has 7 nitrogen and oxygen atoms in total. The number of aliphatic carboxylic acids is 1. The van der Waals surface area contributed by atoms with E-state index >= 15 is 0 Å². The van der Waals surface area contributed by atoms with Crippen LogP contribution in [0.3, 0.4) is 0 Å². The molecule has 18 heavy (non-hydrogen) atoms. The van der Waals surface area contributed by atoms with Crippen LogP contribution in [-0.4, -0.2) is 35.3 Å². The summed E-state index contributed by atoms with van der Waals surface area (Å²) >= 11 is 0. The molecule has 0 aliphatic heterocycles. The van der Waals surface area contributed by atoms with E-state index in [1.807, 2.05) is 0 Å². The third-order valence-electron chi connectivity index (χ3n) is 2.43. The normalized spacial score (nSPS) is 13.5. The van der Waals surface area contributed by atoms with Gasteiger partial charge in [-0.05, 0) is 13.3 Å². The van der Waals surface area contributed by atoms with Crippen LogP contribution >= 0.6 is 0 Å². The van der Waals surface area contributed by atoms with Gasteiger partial charge in [-0.15, -0.1) is 0 Å². The Hall–Kier alpha value is -1.41. The second kappa shape index (κ2) is 5.49. The quantitative estimate of drug-likeness (QED) is 0.775. The average Bonchev–Trinajstić information content (AvgIpc) is 2.57. The molecule has 0 amide bonds. The van der Waals surface area contributed by atoms with Crippen molar-refractivity contribution in [3.63, 3.8) is 0 Å². The van der Waals surface area contributed by atoms with Crippen molar-refractivity contribution in [2.75, 3.05) is 0 Å². The molecule has 0 saturated heterocycles. The summed E-state index contributed by atoms with van der Waals surface area (Å²) in [5.74, 6) is -1.18. The fraction of sp³-hybridized carbons (Fsp3) is 0.600. The molecule has 1 unspecified atom stereocenters. The molecular weight excluding hydrogens is 258 g/mol. The van der Waals surface area contributed by atoms with Gasteiger partial charge in [0.2, 0.25) is 10.0 Å². The standard InChI is InChI=1S/C10H17N3O4S/c1-4-5-8(10(14)15)12-18(16,17)9-6-13(3)11-7(9)2/h6,8,12H,4-5H2,1-3H3,(H,14,15). The molecule has 1 rings (SSSR count). The van der Waals surface area contributed by atoms with E-state index in [1.54, 1.807) is 20.9 Å². The molecule has 1 aromatic rings. The number of nitrogens with one attached hydrogen (secondary N) is 1. The Labute approximate surface area is 106 Å². The molecule has 8 heteroatoms. The molecule has 102 valence electrons. The number of hydrogen-bond donors (Lipinski definition) is 2. The summed E-state index contributed by atoms with van der Waals surface area (Å²) in [6, 6.07) is -1.11. The highest BCUT2D eigenvalue weighted by Crippen LogP contribution is 2.13. The van der Waals surface area contributed by atoms with E-state index in [2.05, 4.69) is 9.82 Å². The van der Waals surface area contributed by atoms with E-state index in [-0.39, 0.29) is 11.3 Å². The third-order valence-corrected chi connectivity index (χ3v) is 4.01. The lowest BCUT2D eigenvalue weighted by molar-refractivity contribution is -0.139. The first-order valence-electron chi connectivity index (χ1n) is 5.53. The number of sulfonamides is 1. The molecule has 0 fully saturated rings. The number of aryl methyl sites for hydroxylation is 2. The van der Waals surface area contributed by atoms with Crippen LogP contribution in [0.4, 0.5) is 0 Å². The molecular formula is C10H17N3O4S. The fourth-order valence-electron chi connectivity index (χ4n) is 1.61. The van der Waals surface area contributed by atoms with Crippen LogP contribution in [-0.2, 0) is 21.9 Å². The van der Waals surface area contributed by atoms with Crippen molar-refractivity contribution < 1.29 is 18.3 Å². The molecule has 2 N–H and O–H groups in total. The third kappa shape index (κ3) is 3.30. The number of aromatic nitrogens is 2. The highest BCUT2D eigenvalue weighted by molar-refractivity contribution is 7.89. The van der Waals surface area contributed by atoms with E-state index in [0.29, 0.717) is 12.1 Å². The van der Waals surface area contributed by atoms with Gasteiger partial charge in [0.05, 0.1) is 5.69 Å². The lowest BCUT2D eigenvalue weighted by atomic mass is 10.2. The molecule has 0 aliphatic rings. The largest absolute Gasteiger partial charge is 0.480 e. The minimum Gasteiger partial charge on any atom is -0.480 e. The average molecular weight is 275 g/mol. The van der Waals surface area contributed by atoms with Gasteiger partial charge >= 0.3 is 5.97 Å². The van der Waals surface area contributed by atoms with Crippen molar-refractivity contribution in [3.8, 4) is 0 Å². The predicted octanol–water partition coefficient (Wildman–Crippen LogP) is 0.260. The molecule has 1 heterocycles. The lowest BCUT2D eigenvalue weighted by Gasteiger charge is -2.13. The van der Waals surface area contributed by atoms with Crippen LogP contribution in [0.1, 0.15) is 25.5 Å². The summed E-state index contributed by atoms with van der Waals surface area (Å²) in [5, 5.41) is 12.9. The van der Waals surface area contributed by atoms with Gasteiger partial charge in [0, 0.05) is 13.2 Å². The molecule has 0 aromatic carbocycles. The maximum absolute atomic E-state index is 12.0. The van der Waals surface area contributed by atoms with Crippen molar-refractivity contribution in [2.45, 2.75) is 37.6 Å². The van der Waals surface area contributed by atoms with E-state index < -0.39 is 22.0 Å². The number of carboxylic acid groups (broad SMARTS) is 1. The Kier molecular flexibility index (Phi) is 4.47. The number of hydrogen-bond acceptors (Lipinski definition) is 4. The monoisotopic (exact) mass is 275 g/mol. The van der Waals surface area contributed by atoms with Gasteiger partial charge in [-0.3, -0.25) is 9.48 Å².